The molecule has 0 fully saturated rings. The van der Waals surface area contributed by atoms with Crippen molar-refractivity contribution in [3.8, 4) is 0 Å². The smallest absolute Gasteiger partial charge is 0.145 e. The monoisotopic (exact) mass is 153 g/mol. The van der Waals surface area contributed by atoms with Gasteiger partial charge in [-0.05, 0) is 20.3 Å². The second kappa shape index (κ2) is 2.95. The normalized spacial score (nSPS) is 13.4. The molecule has 1 atom stereocenters. The van der Waals surface area contributed by atoms with Gasteiger partial charge in [-0.2, -0.15) is 5.10 Å². The van der Waals surface area contributed by atoms with Gasteiger partial charge < -0.3 is 5.73 Å². The first kappa shape index (κ1) is 8.11. The van der Waals surface area contributed by atoms with Crippen LogP contribution in [-0.2, 0) is 0 Å². The van der Waals surface area contributed by atoms with Crippen molar-refractivity contribution < 1.29 is 0 Å². The van der Waals surface area contributed by atoms with Gasteiger partial charge in [-0.25, -0.2) is 0 Å². The molecule has 0 saturated carbocycles. The second-order valence-electron chi connectivity index (χ2n) is 2.91. The summed E-state index contributed by atoms with van der Waals surface area (Å²) in [5, 5.41) is 4.18. The Balaban J connectivity index is 2.93. The number of nitrogens with zero attached hydrogens (tertiary/aromatic N) is 2. The first-order chi connectivity index (χ1) is 5.15. The van der Waals surface area contributed by atoms with Crippen LogP contribution in [0.5, 0.6) is 0 Å². The Hall–Kier alpha value is -0.990. The summed E-state index contributed by atoms with van der Waals surface area (Å²) < 4.78 is 1.97. The van der Waals surface area contributed by atoms with E-state index in [0.717, 1.165) is 12.1 Å². The van der Waals surface area contributed by atoms with Crippen molar-refractivity contribution in [2.45, 2.75) is 33.2 Å². The number of rotatable bonds is 2. The van der Waals surface area contributed by atoms with E-state index >= 15 is 0 Å². The molecule has 3 nitrogen and oxygen atoms in total. The third kappa shape index (κ3) is 1.53. The van der Waals surface area contributed by atoms with Gasteiger partial charge in [0.1, 0.15) is 5.82 Å². The molecule has 0 aliphatic carbocycles. The average molecular weight is 153 g/mol. The molecule has 1 aromatic rings. The Bertz CT molecular complexity index is 239. The van der Waals surface area contributed by atoms with E-state index in [1.807, 2.05) is 17.7 Å². The van der Waals surface area contributed by atoms with Gasteiger partial charge in [-0.1, -0.05) is 6.92 Å². The second-order valence-corrected chi connectivity index (χ2v) is 2.91. The van der Waals surface area contributed by atoms with Crippen LogP contribution >= 0.6 is 0 Å². The van der Waals surface area contributed by atoms with E-state index in [-0.39, 0.29) is 0 Å². The maximum absolute atomic E-state index is 5.54. The van der Waals surface area contributed by atoms with Crippen molar-refractivity contribution in [1.29, 1.82) is 0 Å². The Kier molecular flexibility index (Phi) is 2.17. The van der Waals surface area contributed by atoms with Crippen molar-refractivity contribution in [2.75, 3.05) is 5.73 Å². The zero-order valence-electron chi connectivity index (χ0n) is 7.33. The van der Waals surface area contributed by atoms with Crippen molar-refractivity contribution in [3.63, 3.8) is 0 Å². The SMILES string of the molecule is CCC(C)n1nc(N)cc1C. The molecule has 0 spiro atoms. The average Bonchev–Trinajstić information content (AvgIpc) is 2.28. The van der Waals surface area contributed by atoms with E-state index in [1.54, 1.807) is 0 Å². The molecule has 1 heterocycles. The van der Waals surface area contributed by atoms with Gasteiger partial charge in [-0.15, -0.1) is 0 Å². The summed E-state index contributed by atoms with van der Waals surface area (Å²) in [6.45, 7) is 6.30. The van der Waals surface area contributed by atoms with E-state index < -0.39 is 0 Å². The summed E-state index contributed by atoms with van der Waals surface area (Å²) in [7, 11) is 0. The molecule has 0 amide bonds. The molecule has 62 valence electrons. The van der Waals surface area contributed by atoms with Crippen LogP contribution in [0.25, 0.3) is 0 Å². The lowest BCUT2D eigenvalue weighted by molar-refractivity contribution is 0.469. The Morgan fingerprint density at radius 3 is 2.73 bits per heavy atom. The predicted octanol–water partition coefficient (Wildman–Crippen LogP) is 1.74. The third-order valence-corrected chi connectivity index (χ3v) is 1.95. The maximum Gasteiger partial charge on any atom is 0.145 e. The number of nitrogens with two attached hydrogens (primary N) is 1. The summed E-state index contributed by atoms with van der Waals surface area (Å²) in [4.78, 5) is 0. The summed E-state index contributed by atoms with van der Waals surface area (Å²) in [6.07, 6.45) is 1.09. The van der Waals surface area contributed by atoms with E-state index in [0.29, 0.717) is 11.9 Å². The standard InChI is InChI=1S/C8H15N3/c1-4-6(2)11-7(3)5-8(9)10-11/h5-6H,4H2,1-3H3,(H2,9,10). The summed E-state index contributed by atoms with van der Waals surface area (Å²) in [6, 6.07) is 2.35. The van der Waals surface area contributed by atoms with Crippen LogP contribution in [0.3, 0.4) is 0 Å². The lowest BCUT2D eigenvalue weighted by Crippen LogP contribution is -2.07. The first-order valence-electron chi connectivity index (χ1n) is 3.96. The van der Waals surface area contributed by atoms with Crippen LogP contribution in [0, 0.1) is 6.92 Å². The van der Waals surface area contributed by atoms with Crippen molar-refractivity contribution in [1.82, 2.24) is 9.78 Å². The van der Waals surface area contributed by atoms with E-state index in [1.165, 1.54) is 0 Å². The van der Waals surface area contributed by atoms with Gasteiger partial charge in [0.15, 0.2) is 0 Å². The van der Waals surface area contributed by atoms with Gasteiger partial charge in [0, 0.05) is 17.8 Å². The summed E-state index contributed by atoms with van der Waals surface area (Å²) in [5.41, 5.74) is 6.68. The number of hydrogen-bond acceptors (Lipinski definition) is 2. The van der Waals surface area contributed by atoms with Gasteiger partial charge in [0.05, 0.1) is 0 Å². The minimum atomic E-state index is 0.451. The van der Waals surface area contributed by atoms with Crippen molar-refractivity contribution in [2.24, 2.45) is 0 Å². The minimum absolute atomic E-state index is 0.451. The highest BCUT2D eigenvalue weighted by Crippen LogP contribution is 2.14. The number of hydrogen-bond donors (Lipinski definition) is 1. The molecule has 0 aliphatic heterocycles. The van der Waals surface area contributed by atoms with Gasteiger partial charge in [0.25, 0.3) is 0 Å². The summed E-state index contributed by atoms with van der Waals surface area (Å²) in [5.74, 6) is 0.614. The number of aromatic nitrogens is 2. The lowest BCUT2D eigenvalue weighted by atomic mass is 10.2. The highest BCUT2D eigenvalue weighted by atomic mass is 15.3. The predicted molar refractivity (Wildman–Crippen MR) is 46.4 cm³/mol. The number of anilines is 1. The van der Waals surface area contributed by atoms with Crippen LogP contribution in [0.2, 0.25) is 0 Å². The molecule has 0 radical (unpaired) electrons. The molecule has 11 heavy (non-hydrogen) atoms. The molecule has 0 aromatic carbocycles. The van der Waals surface area contributed by atoms with Crippen molar-refractivity contribution in [3.05, 3.63) is 11.8 Å². The number of aryl methyl sites for hydroxylation is 1. The highest BCUT2D eigenvalue weighted by molar-refractivity contribution is 5.28. The van der Waals surface area contributed by atoms with Crippen molar-refractivity contribution >= 4 is 5.82 Å². The van der Waals surface area contributed by atoms with Crippen LogP contribution in [0.15, 0.2) is 6.07 Å². The third-order valence-electron chi connectivity index (χ3n) is 1.95. The van der Waals surface area contributed by atoms with E-state index in [4.69, 9.17) is 5.73 Å². The minimum Gasteiger partial charge on any atom is -0.382 e. The van der Waals surface area contributed by atoms with E-state index in [2.05, 4.69) is 18.9 Å². The number of nitrogen functional groups attached to an aromatic ring is 1. The maximum atomic E-state index is 5.54. The quantitative estimate of drug-likeness (QED) is 0.703. The summed E-state index contributed by atoms with van der Waals surface area (Å²) >= 11 is 0. The van der Waals surface area contributed by atoms with Gasteiger partial charge >= 0.3 is 0 Å². The zero-order chi connectivity index (χ0) is 8.43. The molecular weight excluding hydrogens is 138 g/mol. The molecule has 1 rings (SSSR count). The fourth-order valence-corrected chi connectivity index (χ4v) is 1.13. The Morgan fingerprint density at radius 1 is 1.73 bits per heavy atom. The van der Waals surface area contributed by atoms with E-state index in [9.17, 15) is 0 Å². The molecule has 0 aliphatic rings. The van der Waals surface area contributed by atoms with Crippen LogP contribution in [0.4, 0.5) is 5.82 Å². The van der Waals surface area contributed by atoms with Gasteiger partial charge in [-0.3, -0.25) is 4.68 Å². The van der Waals surface area contributed by atoms with Crippen LogP contribution in [-0.4, -0.2) is 9.78 Å². The van der Waals surface area contributed by atoms with Crippen LogP contribution in [0.1, 0.15) is 32.0 Å². The topological polar surface area (TPSA) is 43.8 Å². The highest BCUT2D eigenvalue weighted by Gasteiger charge is 2.06. The molecule has 1 unspecified atom stereocenters. The first-order valence-corrected chi connectivity index (χ1v) is 3.96. The molecule has 2 N–H and O–H groups in total. The molecular formula is C8H15N3. The molecule has 0 saturated heterocycles. The fourth-order valence-electron chi connectivity index (χ4n) is 1.13. The zero-order valence-corrected chi connectivity index (χ0v) is 7.33. The Morgan fingerprint density at radius 2 is 2.36 bits per heavy atom. The molecule has 1 aromatic heterocycles. The lowest BCUT2D eigenvalue weighted by Gasteiger charge is -2.10. The molecule has 0 bridgehead atoms. The fraction of sp³-hybridized carbons (Fsp3) is 0.625. The largest absolute Gasteiger partial charge is 0.382 e. The van der Waals surface area contributed by atoms with Crippen LogP contribution < -0.4 is 5.73 Å². The Labute approximate surface area is 67.2 Å². The molecule has 3 heteroatoms. The van der Waals surface area contributed by atoms with Gasteiger partial charge in [0.2, 0.25) is 0 Å².